The maximum absolute atomic E-state index is 11.2. The number of nitro groups is 2. The lowest BCUT2D eigenvalue weighted by Crippen LogP contribution is -2.50. The summed E-state index contributed by atoms with van der Waals surface area (Å²) in [6.45, 7) is 2.16. The highest BCUT2D eigenvalue weighted by atomic mass is 16.6. The highest BCUT2D eigenvalue weighted by Crippen LogP contribution is 2.16. The van der Waals surface area contributed by atoms with Crippen LogP contribution in [0.4, 0.5) is 0 Å². The zero-order valence-corrected chi connectivity index (χ0v) is 7.94. The number of nitrogens with one attached hydrogen (secondary N) is 2. The lowest BCUT2D eigenvalue weighted by Gasteiger charge is -2.10. The van der Waals surface area contributed by atoms with Gasteiger partial charge in [0.1, 0.15) is 0 Å². The molecule has 0 saturated carbocycles. The molecule has 0 radical (unpaired) electrons. The SMILES string of the molecule is C/C(=C1/NC(=O)C(C)([N+](=O)[O-])N1)[N+](=O)[O-]. The second kappa shape index (κ2) is 3.19. The van der Waals surface area contributed by atoms with E-state index >= 15 is 0 Å². The molecule has 1 fully saturated rings. The largest absolute Gasteiger partial charge is 0.370 e. The summed E-state index contributed by atoms with van der Waals surface area (Å²) >= 11 is 0. The van der Waals surface area contributed by atoms with Gasteiger partial charge in [0.05, 0.1) is 9.85 Å². The van der Waals surface area contributed by atoms with Crippen molar-refractivity contribution >= 4 is 5.91 Å². The van der Waals surface area contributed by atoms with Gasteiger partial charge in [-0.05, 0) is 0 Å². The summed E-state index contributed by atoms with van der Waals surface area (Å²) < 4.78 is 0. The Bertz CT molecular complexity index is 389. The number of allylic oxidation sites excluding steroid dienone is 1. The molecule has 0 aliphatic carbocycles. The topological polar surface area (TPSA) is 127 Å². The van der Waals surface area contributed by atoms with Gasteiger partial charge < -0.3 is 0 Å². The van der Waals surface area contributed by atoms with Crippen molar-refractivity contribution in [2.45, 2.75) is 19.5 Å². The van der Waals surface area contributed by atoms with E-state index in [-0.39, 0.29) is 11.5 Å². The van der Waals surface area contributed by atoms with Crippen molar-refractivity contribution < 1.29 is 14.6 Å². The standard InChI is InChI=1S/C6H8N4O5/c1-3(9(12)13)4-7-5(11)6(2,8-4)10(14)15/h8H,1-2H3,(H,7,11)/b4-3+. The van der Waals surface area contributed by atoms with E-state index in [1.54, 1.807) is 0 Å². The second-order valence-electron chi connectivity index (χ2n) is 3.13. The minimum absolute atomic E-state index is 0.246. The number of nitrogens with zero attached hydrogens (tertiary/aromatic N) is 2. The molecule has 1 aliphatic heterocycles. The molecule has 0 bridgehead atoms. The molecule has 0 spiro atoms. The molecular formula is C6H8N4O5. The van der Waals surface area contributed by atoms with Crippen LogP contribution in [0.1, 0.15) is 13.8 Å². The number of carbonyl (C=O) groups excluding carboxylic acids is 1. The molecule has 1 unspecified atom stereocenters. The zero-order valence-electron chi connectivity index (χ0n) is 7.94. The number of hydrogen-bond donors (Lipinski definition) is 2. The van der Waals surface area contributed by atoms with Gasteiger partial charge in [-0.15, -0.1) is 0 Å². The van der Waals surface area contributed by atoms with Crippen LogP contribution in [0.5, 0.6) is 0 Å². The predicted molar refractivity (Wildman–Crippen MR) is 46.4 cm³/mol. The summed E-state index contributed by atoms with van der Waals surface area (Å²) in [5.41, 5.74) is -2.43. The summed E-state index contributed by atoms with van der Waals surface area (Å²) in [5.74, 6) is -1.17. The zero-order chi connectivity index (χ0) is 11.8. The van der Waals surface area contributed by atoms with Crippen LogP contribution in [0.15, 0.2) is 11.5 Å². The van der Waals surface area contributed by atoms with Crippen molar-refractivity contribution in [3.63, 3.8) is 0 Å². The molecule has 1 saturated heterocycles. The Kier molecular flexibility index (Phi) is 2.31. The molecule has 1 amide bonds. The molecule has 0 aromatic carbocycles. The van der Waals surface area contributed by atoms with Gasteiger partial charge in [0.25, 0.3) is 5.70 Å². The summed E-state index contributed by atoms with van der Waals surface area (Å²) in [7, 11) is 0. The summed E-state index contributed by atoms with van der Waals surface area (Å²) in [4.78, 5) is 30.5. The normalized spacial score (nSPS) is 28.0. The van der Waals surface area contributed by atoms with Gasteiger partial charge in [-0.25, -0.2) is 0 Å². The first kappa shape index (κ1) is 10.9. The average Bonchev–Trinajstić information content (AvgIpc) is 2.43. The molecular weight excluding hydrogens is 208 g/mol. The lowest BCUT2D eigenvalue weighted by atomic mass is 10.2. The third-order valence-corrected chi connectivity index (χ3v) is 2.05. The monoisotopic (exact) mass is 216 g/mol. The van der Waals surface area contributed by atoms with Crippen LogP contribution in [-0.2, 0) is 4.79 Å². The second-order valence-corrected chi connectivity index (χ2v) is 3.13. The van der Waals surface area contributed by atoms with E-state index in [0.717, 1.165) is 13.8 Å². The van der Waals surface area contributed by atoms with Gasteiger partial charge >= 0.3 is 11.6 Å². The number of carbonyl (C=O) groups is 1. The molecule has 1 atom stereocenters. The van der Waals surface area contributed by atoms with Gasteiger partial charge in [0, 0.05) is 13.8 Å². The van der Waals surface area contributed by atoms with E-state index in [9.17, 15) is 25.0 Å². The fourth-order valence-corrected chi connectivity index (χ4v) is 0.967. The van der Waals surface area contributed by atoms with E-state index in [2.05, 4.69) is 10.6 Å². The van der Waals surface area contributed by atoms with E-state index in [0.29, 0.717) is 0 Å². The molecule has 82 valence electrons. The summed E-state index contributed by atoms with van der Waals surface area (Å²) in [5, 5.41) is 25.2. The van der Waals surface area contributed by atoms with Crippen molar-refractivity contribution in [1.82, 2.24) is 10.6 Å². The van der Waals surface area contributed by atoms with Crippen LogP contribution in [0.2, 0.25) is 0 Å². The van der Waals surface area contributed by atoms with Gasteiger partial charge in [0.15, 0.2) is 5.82 Å². The Hall–Kier alpha value is -2.19. The van der Waals surface area contributed by atoms with E-state index in [4.69, 9.17) is 0 Å². The molecule has 9 nitrogen and oxygen atoms in total. The van der Waals surface area contributed by atoms with E-state index < -0.39 is 21.4 Å². The number of amides is 1. The highest BCUT2D eigenvalue weighted by Gasteiger charge is 2.53. The first-order chi connectivity index (χ1) is 6.79. The minimum atomic E-state index is -2.05. The van der Waals surface area contributed by atoms with Crippen molar-refractivity contribution in [3.8, 4) is 0 Å². The smallest absolute Gasteiger partial charge is 0.299 e. The third-order valence-electron chi connectivity index (χ3n) is 2.05. The van der Waals surface area contributed by atoms with E-state index in [1.165, 1.54) is 0 Å². The van der Waals surface area contributed by atoms with Gasteiger partial charge in [-0.1, -0.05) is 0 Å². The molecule has 0 aromatic rings. The maximum atomic E-state index is 11.2. The summed E-state index contributed by atoms with van der Waals surface area (Å²) in [6.07, 6.45) is 0. The Morgan fingerprint density at radius 3 is 2.27 bits per heavy atom. The van der Waals surface area contributed by atoms with Crippen LogP contribution >= 0.6 is 0 Å². The quantitative estimate of drug-likeness (QED) is 0.457. The Balaban J connectivity index is 3.09. The Morgan fingerprint density at radius 1 is 1.40 bits per heavy atom. The van der Waals surface area contributed by atoms with Crippen LogP contribution in [0, 0.1) is 20.2 Å². The molecule has 15 heavy (non-hydrogen) atoms. The maximum Gasteiger partial charge on any atom is 0.370 e. The van der Waals surface area contributed by atoms with Crippen molar-refractivity contribution in [2.75, 3.05) is 0 Å². The molecule has 1 heterocycles. The molecule has 9 heteroatoms. The van der Waals surface area contributed by atoms with Crippen LogP contribution in [-0.4, -0.2) is 21.4 Å². The lowest BCUT2D eigenvalue weighted by molar-refractivity contribution is -0.551. The Morgan fingerprint density at radius 2 is 1.93 bits per heavy atom. The van der Waals surface area contributed by atoms with Crippen LogP contribution in [0.25, 0.3) is 0 Å². The van der Waals surface area contributed by atoms with Crippen molar-refractivity contribution in [2.24, 2.45) is 0 Å². The first-order valence-electron chi connectivity index (χ1n) is 3.88. The molecule has 2 N–H and O–H groups in total. The van der Waals surface area contributed by atoms with E-state index in [1.807, 2.05) is 0 Å². The minimum Gasteiger partial charge on any atom is -0.299 e. The molecule has 1 aliphatic rings. The molecule has 0 aromatic heterocycles. The van der Waals surface area contributed by atoms with Gasteiger partial charge in [-0.2, -0.15) is 0 Å². The summed E-state index contributed by atoms with van der Waals surface area (Å²) in [6, 6.07) is 0. The fourth-order valence-electron chi connectivity index (χ4n) is 0.967. The van der Waals surface area contributed by atoms with Crippen molar-refractivity contribution in [3.05, 3.63) is 31.7 Å². The third kappa shape index (κ3) is 1.58. The predicted octanol–water partition coefficient (Wildman–Crippen LogP) is -0.836. The highest BCUT2D eigenvalue weighted by molar-refractivity contribution is 5.88. The van der Waals surface area contributed by atoms with Crippen molar-refractivity contribution in [1.29, 1.82) is 0 Å². The first-order valence-corrected chi connectivity index (χ1v) is 3.88. The number of hydrogen-bond acceptors (Lipinski definition) is 6. The number of rotatable bonds is 2. The van der Waals surface area contributed by atoms with Gasteiger partial charge in [0.2, 0.25) is 0 Å². The average molecular weight is 216 g/mol. The Labute approximate surface area is 83.4 Å². The van der Waals surface area contributed by atoms with Crippen LogP contribution < -0.4 is 10.6 Å². The van der Waals surface area contributed by atoms with Gasteiger partial charge in [-0.3, -0.25) is 35.7 Å². The van der Waals surface area contributed by atoms with Crippen LogP contribution in [0.3, 0.4) is 0 Å². The fraction of sp³-hybridized carbons (Fsp3) is 0.500. The molecule has 1 rings (SSSR count).